The van der Waals surface area contributed by atoms with Crippen molar-refractivity contribution < 1.29 is 31.3 Å². The third-order valence-electron chi connectivity index (χ3n) is 8.87. The Balaban J connectivity index is 0.00000576. The molecule has 4 rings (SSSR count). The number of benzene rings is 2. The predicted octanol–water partition coefficient (Wildman–Crippen LogP) is 3.95. The zero-order valence-corrected chi connectivity index (χ0v) is 28.7. The molecule has 9 nitrogen and oxygen atoms in total. The molecule has 46 heavy (non-hydrogen) atoms. The summed E-state index contributed by atoms with van der Waals surface area (Å²) in [6.07, 6.45) is 10.1. The van der Waals surface area contributed by atoms with Gasteiger partial charge in [-0.05, 0) is 49.9 Å². The van der Waals surface area contributed by atoms with Gasteiger partial charge in [0.2, 0.25) is 11.6 Å². The first-order valence-electron chi connectivity index (χ1n) is 16.1. The molecule has 2 aliphatic rings. The molecule has 2 heterocycles. The Morgan fingerprint density at radius 1 is 0.957 bits per heavy atom. The van der Waals surface area contributed by atoms with Crippen molar-refractivity contribution in [2.24, 2.45) is 5.11 Å². The van der Waals surface area contributed by atoms with E-state index in [1.807, 2.05) is 0 Å². The maximum Gasteiger partial charge on any atom is 0.220 e. The Morgan fingerprint density at radius 2 is 1.65 bits per heavy atom. The zero-order chi connectivity index (χ0) is 32.3. The van der Waals surface area contributed by atoms with Gasteiger partial charge in [0, 0.05) is 65.5 Å². The highest BCUT2D eigenvalue weighted by molar-refractivity contribution is 6.03. The molecule has 0 aromatic heterocycles. The minimum atomic E-state index is -0.105. The van der Waals surface area contributed by atoms with Crippen molar-refractivity contribution >= 4 is 23.0 Å². The van der Waals surface area contributed by atoms with Crippen LogP contribution >= 0.6 is 0 Å². The fraction of sp³-hybridized carbons (Fsp3) is 0.500. The second-order valence-electron chi connectivity index (χ2n) is 12.6. The van der Waals surface area contributed by atoms with Crippen LogP contribution in [0.3, 0.4) is 0 Å². The fourth-order valence-electron chi connectivity index (χ4n) is 6.47. The largest absolute Gasteiger partial charge is 1.00 e. The number of unbranched alkanes of at least 4 members (excludes halogenated alkanes) is 2. The molecule has 1 amide bonds. The van der Waals surface area contributed by atoms with Gasteiger partial charge in [0.15, 0.2) is 5.71 Å². The van der Waals surface area contributed by atoms with Crippen molar-refractivity contribution in [2.75, 3.05) is 58.0 Å². The number of halogens is 1. The molecule has 10 heteroatoms. The first-order chi connectivity index (χ1) is 21.7. The van der Waals surface area contributed by atoms with Crippen LogP contribution in [0.4, 0.5) is 11.4 Å². The van der Waals surface area contributed by atoms with E-state index in [4.69, 9.17) is 15.0 Å². The number of fused-ring (bicyclic) bond motifs is 2. The van der Waals surface area contributed by atoms with Crippen LogP contribution in [0.15, 0.2) is 77.6 Å². The highest BCUT2D eigenvalue weighted by Gasteiger charge is 2.43. The number of para-hydroxylation sites is 2. The van der Waals surface area contributed by atoms with Crippen LogP contribution < -0.4 is 22.6 Å². The number of anilines is 1. The molecule has 0 atom stereocenters. The Bertz CT molecular complexity index is 1480. The second-order valence-corrected chi connectivity index (χ2v) is 12.6. The number of nitrogens with zero attached hydrogens (tertiary/aromatic N) is 5. The van der Waals surface area contributed by atoms with Crippen LogP contribution in [-0.4, -0.2) is 69.3 Å². The molecule has 0 unspecified atom stereocenters. The van der Waals surface area contributed by atoms with Crippen molar-refractivity contribution in [1.29, 1.82) is 0 Å². The Morgan fingerprint density at radius 3 is 2.39 bits per heavy atom. The number of hydrogen-bond acceptors (Lipinski definition) is 5. The molecule has 2 aliphatic heterocycles. The topological polar surface area (TPSA) is 103 Å². The van der Waals surface area contributed by atoms with Gasteiger partial charge in [-0.25, -0.2) is 0 Å². The number of carbonyl (C=O) groups excluding carboxylic acids is 1. The van der Waals surface area contributed by atoms with Crippen LogP contribution in [0.1, 0.15) is 64.5 Å². The maximum absolute atomic E-state index is 12.3. The van der Waals surface area contributed by atoms with Crippen LogP contribution in [0, 0.1) is 0 Å². The number of carbonyl (C=O) groups is 1. The highest BCUT2D eigenvalue weighted by atomic mass is 35.5. The summed E-state index contributed by atoms with van der Waals surface area (Å²) >= 11 is 0. The van der Waals surface area contributed by atoms with Gasteiger partial charge < -0.3 is 32.1 Å². The van der Waals surface area contributed by atoms with Crippen LogP contribution in [-0.2, 0) is 25.1 Å². The summed E-state index contributed by atoms with van der Waals surface area (Å²) in [5, 5.41) is 6.34. The maximum atomic E-state index is 12.3. The van der Waals surface area contributed by atoms with Gasteiger partial charge in [-0.1, -0.05) is 67.9 Å². The number of amides is 1. The third kappa shape index (κ3) is 8.80. The molecule has 0 spiro atoms. The number of azide groups is 1. The van der Waals surface area contributed by atoms with Gasteiger partial charge in [-0.15, -0.1) is 0 Å². The van der Waals surface area contributed by atoms with Crippen LogP contribution in [0.2, 0.25) is 0 Å². The van der Waals surface area contributed by atoms with E-state index in [1.54, 1.807) is 0 Å². The molecule has 1 N–H and O–H groups in total. The molecule has 0 fully saturated rings. The van der Waals surface area contributed by atoms with Gasteiger partial charge in [-0.3, -0.25) is 4.79 Å². The first kappa shape index (κ1) is 36.8. The van der Waals surface area contributed by atoms with Gasteiger partial charge in [0.1, 0.15) is 7.05 Å². The smallest absolute Gasteiger partial charge is 0.220 e. The van der Waals surface area contributed by atoms with E-state index in [9.17, 15) is 4.79 Å². The predicted molar refractivity (Wildman–Crippen MR) is 181 cm³/mol. The fourth-order valence-corrected chi connectivity index (χ4v) is 6.47. The average Bonchev–Trinajstić information content (AvgIpc) is 3.36. The van der Waals surface area contributed by atoms with E-state index in [-0.39, 0.29) is 29.1 Å². The highest BCUT2D eigenvalue weighted by Crippen LogP contribution is 2.47. The summed E-state index contributed by atoms with van der Waals surface area (Å²) in [6.45, 7) is 12.6. The molecular formula is C36H49ClN6O3. The van der Waals surface area contributed by atoms with Crippen molar-refractivity contribution in [2.45, 2.75) is 64.2 Å². The van der Waals surface area contributed by atoms with Gasteiger partial charge in [-0.2, -0.15) is 4.58 Å². The summed E-state index contributed by atoms with van der Waals surface area (Å²) in [6, 6.07) is 17.4. The van der Waals surface area contributed by atoms with E-state index >= 15 is 0 Å². The standard InChI is InChI=1S/C36H48N6O3.ClH/c1-35(2)28-14-8-10-16-30(28)41(5)32(35)18-13-19-33-36(3,4)29-15-9-11-17-31(29)42(33)23-12-6-7-20-34(43)38-21-24-44-26-27-45-25-22-39-40-37;/h8-11,13-19H,6-7,12,20-27H2,1-5H3;1H. The summed E-state index contributed by atoms with van der Waals surface area (Å²) < 4.78 is 13.1. The van der Waals surface area contributed by atoms with Crippen molar-refractivity contribution in [3.8, 4) is 0 Å². The Labute approximate surface area is 280 Å². The Hall–Kier alpha value is -3.62. The number of nitrogens with one attached hydrogen (secondary N) is 1. The SMILES string of the molecule is C[N+]1=C(/C=C/C=C2\N(CCCCCC(=O)NCCOCCOCCN=[N+]=[N-])c3ccccc3C2(C)C)C(C)(C)c2ccccc21.[Cl-]. The average molecular weight is 649 g/mol. The number of ether oxygens (including phenoxy) is 2. The van der Waals surface area contributed by atoms with E-state index < -0.39 is 0 Å². The second kappa shape index (κ2) is 17.3. The molecule has 0 saturated carbocycles. The molecular weight excluding hydrogens is 600 g/mol. The van der Waals surface area contributed by atoms with Gasteiger partial charge >= 0.3 is 0 Å². The molecule has 248 valence electrons. The van der Waals surface area contributed by atoms with Gasteiger partial charge in [0.25, 0.3) is 0 Å². The van der Waals surface area contributed by atoms with Crippen LogP contribution in [0.5, 0.6) is 0 Å². The lowest BCUT2D eigenvalue weighted by Crippen LogP contribution is -3.00. The summed E-state index contributed by atoms with van der Waals surface area (Å²) in [5.41, 5.74) is 15.9. The summed E-state index contributed by atoms with van der Waals surface area (Å²) in [5.74, 6) is 0.0574. The van der Waals surface area contributed by atoms with Crippen LogP contribution in [0.25, 0.3) is 10.4 Å². The lowest BCUT2D eigenvalue weighted by molar-refractivity contribution is -0.401. The molecule has 0 aliphatic carbocycles. The number of allylic oxidation sites excluding steroid dienone is 4. The Kier molecular flexibility index (Phi) is 13.9. The lowest BCUT2D eigenvalue weighted by atomic mass is 9.81. The van der Waals surface area contributed by atoms with E-state index in [2.05, 4.69) is 126 Å². The van der Waals surface area contributed by atoms with E-state index in [1.165, 1.54) is 33.9 Å². The third-order valence-corrected chi connectivity index (χ3v) is 8.87. The summed E-state index contributed by atoms with van der Waals surface area (Å²) in [7, 11) is 2.16. The minimum Gasteiger partial charge on any atom is -1.00 e. The summed E-state index contributed by atoms with van der Waals surface area (Å²) in [4.78, 5) is 17.4. The van der Waals surface area contributed by atoms with Gasteiger partial charge in [0.05, 0.1) is 31.8 Å². The lowest BCUT2D eigenvalue weighted by Gasteiger charge is -2.27. The number of hydrogen-bond donors (Lipinski definition) is 1. The molecule has 2 aromatic rings. The molecule has 2 aromatic carbocycles. The quantitative estimate of drug-likeness (QED) is 0.0923. The number of rotatable bonds is 17. The van der Waals surface area contributed by atoms with Crippen molar-refractivity contribution in [3.63, 3.8) is 0 Å². The first-order valence-corrected chi connectivity index (χ1v) is 16.1. The molecule has 0 saturated heterocycles. The molecule has 0 radical (unpaired) electrons. The van der Waals surface area contributed by atoms with E-state index in [0.29, 0.717) is 45.9 Å². The van der Waals surface area contributed by atoms with E-state index in [0.717, 1.165) is 25.8 Å². The zero-order valence-electron chi connectivity index (χ0n) is 28.0. The van der Waals surface area contributed by atoms with Crippen molar-refractivity contribution in [3.05, 3.63) is 94.0 Å². The monoisotopic (exact) mass is 648 g/mol. The van der Waals surface area contributed by atoms with Crippen molar-refractivity contribution in [1.82, 2.24) is 5.32 Å². The normalized spacial score (nSPS) is 16.7. The minimum absolute atomic E-state index is 0. The molecule has 0 bridgehead atoms.